The lowest BCUT2D eigenvalue weighted by molar-refractivity contribution is -0.150. The molecule has 6 nitrogen and oxygen atoms in total. The topological polar surface area (TPSA) is 81.9 Å². The van der Waals surface area contributed by atoms with Crippen molar-refractivity contribution in [3.8, 4) is 0 Å². The first kappa shape index (κ1) is 15.8. The SMILES string of the molecule is CCOC(=O)[C@@H]1CC[C@@H](N)CN1C(=O)OC(C)(C)C. The Bertz CT molecular complexity index is 338. The number of likely N-dealkylation sites (tertiary alicyclic amines) is 1. The Morgan fingerprint density at radius 2 is 1.95 bits per heavy atom. The molecule has 2 atom stereocenters. The molecule has 2 N–H and O–H groups in total. The van der Waals surface area contributed by atoms with Gasteiger partial charge in [0.05, 0.1) is 6.61 Å². The average molecular weight is 272 g/mol. The summed E-state index contributed by atoms with van der Waals surface area (Å²) in [6, 6.07) is -0.715. The lowest BCUT2D eigenvalue weighted by Crippen LogP contribution is -2.55. The Hall–Kier alpha value is -1.30. The van der Waals surface area contributed by atoms with Crippen LogP contribution in [0.1, 0.15) is 40.5 Å². The fraction of sp³-hybridized carbons (Fsp3) is 0.846. The van der Waals surface area contributed by atoms with Gasteiger partial charge < -0.3 is 15.2 Å². The summed E-state index contributed by atoms with van der Waals surface area (Å²) >= 11 is 0. The zero-order valence-electron chi connectivity index (χ0n) is 12.1. The Balaban J connectivity index is 2.78. The molecule has 1 fully saturated rings. The van der Waals surface area contributed by atoms with Crippen LogP contribution in [0.4, 0.5) is 4.79 Å². The number of hydrogen-bond donors (Lipinski definition) is 1. The second kappa shape index (κ2) is 6.23. The van der Waals surface area contributed by atoms with Crippen LogP contribution in [-0.4, -0.2) is 47.8 Å². The number of esters is 1. The molecule has 0 saturated carbocycles. The number of carbonyl (C=O) groups excluding carboxylic acids is 2. The number of nitrogens with two attached hydrogens (primary N) is 1. The molecule has 0 spiro atoms. The number of hydrogen-bond acceptors (Lipinski definition) is 5. The second-order valence-electron chi connectivity index (χ2n) is 5.74. The van der Waals surface area contributed by atoms with Gasteiger partial charge >= 0.3 is 12.1 Å². The summed E-state index contributed by atoms with van der Waals surface area (Å²) in [7, 11) is 0. The van der Waals surface area contributed by atoms with Gasteiger partial charge in [-0.25, -0.2) is 9.59 Å². The first-order valence-corrected chi connectivity index (χ1v) is 6.66. The van der Waals surface area contributed by atoms with Crippen molar-refractivity contribution >= 4 is 12.1 Å². The van der Waals surface area contributed by atoms with Crippen LogP contribution >= 0.6 is 0 Å². The molecule has 6 heteroatoms. The molecule has 110 valence electrons. The van der Waals surface area contributed by atoms with Crippen molar-refractivity contribution in [1.82, 2.24) is 4.90 Å². The lowest BCUT2D eigenvalue weighted by atomic mass is 9.99. The summed E-state index contributed by atoms with van der Waals surface area (Å²) in [6.45, 7) is 7.71. The second-order valence-corrected chi connectivity index (χ2v) is 5.74. The van der Waals surface area contributed by atoms with E-state index in [2.05, 4.69) is 0 Å². The maximum absolute atomic E-state index is 12.1. The van der Waals surface area contributed by atoms with Crippen molar-refractivity contribution in [3.05, 3.63) is 0 Å². The highest BCUT2D eigenvalue weighted by molar-refractivity contribution is 5.81. The van der Waals surface area contributed by atoms with E-state index in [9.17, 15) is 9.59 Å². The maximum Gasteiger partial charge on any atom is 0.411 e. The maximum atomic E-state index is 12.1. The molecule has 0 aromatic heterocycles. The van der Waals surface area contributed by atoms with Gasteiger partial charge in [0.25, 0.3) is 0 Å². The van der Waals surface area contributed by atoms with E-state index >= 15 is 0 Å². The predicted molar refractivity (Wildman–Crippen MR) is 70.6 cm³/mol. The van der Waals surface area contributed by atoms with Crippen LogP contribution in [0.25, 0.3) is 0 Å². The molecule has 1 aliphatic heterocycles. The monoisotopic (exact) mass is 272 g/mol. The quantitative estimate of drug-likeness (QED) is 0.766. The van der Waals surface area contributed by atoms with Crippen molar-refractivity contribution in [3.63, 3.8) is 0 Å². The van der Waals surface area contributed by atoms with Crippen LogP contribution in [-0.2, 0) is 14.3 Å². The first-order chi connectivity index (χ1) is 8.74. The highest BCUT2D eigenvalue weighted by Crippen LogP contribution is 2.21. The van der Waals surface area contributed by atoms with Gasteiger partial charge in [0.1, 0.15) is 11.6 Å². The summed E-state index contributed by atoms with van der Waals surface area (Å²) in [4.78, 5) is 25.4. The third-order valence-electron chi connectivity index (χ3n) is 2.81. The highest BCUT2D eigenvalue weighted by atomic mass is 16.6. The largest absolute Gasteiger partial charge is 0.464 e. The zero-order chi connectivity index (χ0) is 14.6. The van der Waals surface area contributed by atoms with Gasteiger partial charge in [-0.1, -0.05) is 0 Å². The Morgan fingerprint density at radius 1 is 1.32 bits per heavy atom. The Morgan fingerprint density at radius 3 is 2.47 bits per heavy atom. The molecular weight excluding hydrogens is 248 g/mol. The van der Waals surface area contributed by atoms with Gasteiger partial charge in [-0.3, -0.25) is 4.90 Å². The van der Waals surface area contributed by atoms with Gasteiger partial charge in [0, 0.05) is 12.6 Å². The van der Waals surface area contributed by atoms with Gasteiger partial charge in [-0.2, -0.15) is 0 Å². The van der Waals surface area contributed by atoms with Gasteiger partial charge in [-0.05, 0) is 40.5 Å². The summed E-state index contributed by atoms with van der Waals surface area (Å²) in [5, 5.41) is 0. The van der Waals surface area contributed by atoms with Crippen molar-refractivity contribution in [2.75, 3.05) is 13.2 Å². The van der Waals surface area contributed by atoms with E-state index in [1.807, 2.05) is 0 Å². The van der Waals surface area contributed by atoms with Crippen LogP contribution in [0, 0.1) is 0 Å². The minimum atomic E-state index is -0.599. The van der Waals surface area contributed by atoms with E-state index in [1.165, 1.54) is 4.90 Å². The van der Waals surface area contributed by atoms with Crippen molar-refractivity contribution in [1.29, 1.82) is 0 Å². The third kappa shape index (κ3) is 4.70. The van der Waals surface area contributed by atoms with Crippen LogP contribution in [0.2, 0.25) is 0 Å². The van der Waals surface area contributed by atoms with Crippen LogP contribution < -0.4 is 5.73 Å². The molecule has 1 saturated heterocycles. The van der Waals surface area contributed by atoms with Crippen molar-refractivity contribution < 1.29 is 19.1 Å². The van der Waals surface area contributed by atoms with E-state index in [0.717, 1.165) is 0 Å². The fourth-order valence-electron chi connectivity index (χ4n) is 2.00. The number of ether oxygens (including phenoxy) is 2. The molecule has 0 aromatic rings. The molecule has 1 rings (SSSR count). The van der Waals surface area contributed by atoms with Crippen molar-refractivity contribution in [2.24, 2.45) is 5.73 Å². The minimum absolute atomic E-state index is 0.127. The van der Waals surface area contributed by atoms with Crippen LogP contribution in [0.3, 0.4) is 0 Å². The minimum Gasteiger partial charge on any atom is -0.464 e. The Kier molecular flexibility index (Phi) is 5.17. The van der Waals surface area contributed by atoms with Gasteiger partial charge in [0.15, 0.2) is 0 Å². The lowest BCUT2D eigenvalue weighted by Gasteiger charge is -2.37. The molecule has 0 unspecified atom stereocenters. The highest BCUT2D eigenvalue weighted by Gasteiger charge is 2.37. The molecule has 0 radical (unpaired) electrons. The smallest absolute Gasteiger partial charge is 0.411 e. The average Bonchev–Trinajstić information content (AvgIpc) is 2.26. The van der Waals surface area contributed by atoms with Gasteiger partial charge in [0.2, 0.25) is 0 Å². The molecular formula is C13H24N2O4. The van der Waals surface area contributed by atoms with Gasteiger partial charge in [-0.15, -0.1) is 0 Å². The molecule has 0 aliphatic carbocycles. The molecule has 19 heavy (non-hydrogen) atoms. The van der Waals surface area contributed by atoms with E-state index in [-0.39, 0.29) is 12.0 Å². The summed E-state index contributed by atoms with van der Waals surface area (Å²) in [5.74, 6) is -0.389. The number of amides is 1. The Labute approximate surface area is 114 Å². The molecule has 1 amide bonds. The zero-order valence-corrected chi connectivity index (χ0v) is 12.1. The number of nitrogens with zero attached hydrogens (tertiary/aromatic N) is 1. The van der Waals surface area contributed by atoms with E-state index in [4.69, 9.17) is 15.2 Å². The normalized spacial score (nSPS) is 23.9. The third-order valence-corrected chi connectivity index (χ3v) is 2.81. The van der Waals surface area contributed by atoms with E-state index < -0.39 is 17.7 Å². The van der Waals surface area contributed by atoms with E-state index in [1.54, 1.807) is 27.7 Å². The number of piperidine rings is 1. The fourth-order valence-corrected chi connectivity index (χ4v) is 2.00. The summed E-state index contributed by atoms with van der Waals surface area (Å²) in [5.41, 5.74) is 5.26. The summed E-state index contributed by atoms with van der Waals surface area (Å²) < 4.78 is 10.3. The van der Waals surface area contributed by atoms with Crippen molar-refractivity contribution in [2.45, 2.75) is 58.2 Å². The molecule has 0 aromatic carbocycles. The molecule has 1 aliphatic rings. The van der Waals surface area contributed by atoms with Crippen LogP contribution in [0.15, 0.2) is 0 Å². The van der Waals surface area contributed by atoms with Crippen LogP contribution in [0.5, 0.6) is 0 Å². The summed E-state index contributed by atoms with van der Waals surface area (Å²) in [6.07, 6.45) is 0.697. The standard InChI is InChI=1S/C13H24N2O4/c1-5-18-11(16)10-7-6-9(14)8-15(10)12(17)19-13(2,3)4/h9-10H,5-8,14H2,1-4H3/t9-,10+/m1/s1. The number of carbonyl (C=O) groups is 2. The first-order valence-electron chi connectivity index (χ1n) is 6.66. The number of rotatable bonds is 2. The van der Waals surface area contributed by atoms with E-state index in [0.29, 0.717) is 26.0 Å². The predicted octanol–water partition coefficient (Wildman–Crippen LogP) is 1.28. The molecule has 0 bridgehead atoms. The molecule has 1 heterocycles.